The lowest BCUT2D eigenvalue weighted by molar-refractivity contribution is -0.133. The predicted octanol–water partition coefficient (Wildman–Crippen LogP) is 3.40. The summed E-state index contributed by atoms with van der Waals surface area (Å²) < 4.78 is 0. The van der Waals surface area contributed by atoms with E-state index in [4.69, 9.17) is 28.9 Å². The molecule has 6 nitrogen and oxygen atoms in total. The minimum absolute atomic E-state index is 0.0727. The zero-order valence-corrected chi connectivity index (χ0v) is 19.2. The van der Waals surface area contributed by atoms with E-state index in [9.17, 15) is 9.59 Å². The average molecular weight is 455 g/mol. The number of rotatable bonds is 6. The first kappa shape index (κ1) is 23.3. The molecule has 2 amide bonds. The first-order chi connectivity index (χ1) is 14.3. The van der Waals surface area contributed by atoms with Gasteiger partial charge in [-0.3, -0.25) is 9.59 Å². The Morgan fingerprint density at radius 3 is 2.33 bits per heavy atom. The van der Waals surface area contributed by atoms with E-state index < -0.39 is 0 Å². The summed E-state index contributed by atoms with van der Waals surface area (Å²) >= 11 is 12.3. The third-order valence-corrected chi connectivity index (χ3v) is 7.00. The molecule has 2 fully saturated rings. The van der Waals surface area contributed by atoms with E-state index in [0.29, 0.717) is 48.6 Å². The Balaban J connectivity index is 1.65. The van der Waals surface area contributed by atoms with Crippen LogP contribution < -0.4 is 10.6 Å². The number of carbonyl (C=O) groups is 2. The fraction of sp³-hybridized carbons (Fsp3) is 0.636. The van der Waals surface area contributed by atoms with Crippen LogP contribution in [-0.4, -0.2) is 66.9 Å². The van der Waals surface area contributed by atoms with Crippen LogP contribution in [0.25, 0.3) is 0 Å². The van der Waals surface area contributed by atoms with Gasteiger partial charge in [0.2, 0.25) is 11.8 Å². The van der Waals surface area contributed by atoms with Gasteiger partial charge in [-0.1, -0.05) is 23.2 Å². The first-order valence-electron chi connectivity index (χ1n) is 10.8. The smallest absolute Gasteiger partial charge is 0.230 e. The number of nitrogens with two attached hydrogens (primary N) is 1. The SMILES string of the molecule is CC(=O)N1CCC(C(=O)N(CCCN2CCC(N)CC2)c2ccc(Cl)c(Cl)c2)CC1. The number of hydrogen-bond acceptors (Lipinski definition) is 4. The summed E-state index contributed by atoms with van der Waals surface area (Å²) in [4.78, 5) is 31.1. The molecule has 2 saturated heterocycles. The summed E-state index contributed by atoms with van der Waals surface area (Å²) in [7, 11) is 0. The highest BCUT2D eigenvalue weighted by atomic mass is 35.5. The largest absolute Gasteiger partial charge is 0.343 e. The molecule has 0 atom stereocenters. The molecule has 1 aromatic rings. The van der Waals surface area contributed by atoms with Crippen molar-refractivity contribution in [1.29, 1.82) is 0 Å². The molecule has 0 aliphatic carbocycles. The van der Waals surface area contributed by atoms with Crippen molar-refractivity contribution in [2.24, 2.45) is 11.7 Å². The van der Waals surface area contributed by atoms with E-state index in [1.165, 1.54) is 0 Å². The minimum atomic E-state index is -0.0805. The van der Waals surface area contributed by atoms with E-state index in [1.54, 1.807) is 19.1 Å². The van der Waals surface area contributed by atoms with Gasteiger partial charge in [-0.25, -0.2) is 0 Å². The molecule has 0 aromatic heterocycles. The number of nitrogens with zero attached hydrogens (tertiary/aromatic N) is 3. The van der Waals surface area contributed by atoms with Crippen LogP contribution in [0.4, 0.5) is 5.69 Å². The van der Waals surface area contributed by atoms with Crippen molar-refractivity contribution in [3.05, 3.63) is 28.2 Å². The Bertz CT molecular complexity index is 745. The standard InChI is InChI=1S/C22H32Cl2N4O2/c1-16(29)27-13-5-17(6-14-27)22(30)28(19-3-4-20(23)21(24)15-19)10-2-9-26-11-7-18(25)8-12-26/h3-4,15,17-18H,2,5-14,25H2,1H3. The molecule has 0 bridgehead atoms. The molecule has 2 heterocycles. The molecule has 3 rings (SSSR count). The zero-order valence-electron chi connectivity index (χ0n) is 17.7. The maximum Gasteiger partial charge on any atom is 0.230 e. The van der Waals surface area contributed by atoms with Gasteiger partial charge in [0.15, 0.2) is 0 Å². The van der Waals surface area contributed by atoms with Crippen molar-refractivity contribution in [2.75, 3.05) is 44.2 Å². The third-order valence-electron chi connectivity index (χ3n) is 6.26. The second-order valence-corrected chi connectivity index (χ2v) is 9.22. The first-order valence-corrected chi connectivity index (χ1v) is 11.6. The summed E-state index contributed by atoms with van der Waals surface area (Å²) in [6, 6.07) is 5.68. The third kappa shape index (κ3) is 6.10. The maximum atomic E-state index is 13.4. The average Bonchev–Trinajstić information content (AvgIpc) is 2.74. The summed E-state index contributed by atoms with van der Waals surface area (Å²) in [5.74, 6) is 0.101. The van der Waals surface area contributed by atoms with Crippen LogP contribution in [0.15, 0.2) is 18.2 Å². The van der Waals surface area contributed by atoms with Crippen molar-refractivity contribution in [3.63, 3.8) is 0 Å². The molecule has 2 aliphatic rings. The number of piperidine rings is 2. The lowest BCUT2D eigenvalue weighted by Gasteiger charge is -2.35. The molecule has 0 saturated carbocycles. The number of halogens is 2. The minimum Gasteiger partial charge on any atom is -0.343 e. The van der Waals surface area contributed by atoms with Gasteiger partial charge in [0.05, 0.1) is 10.0 Å². The predicted molar refractivity (Wildman–Crippen MR) is 122 cm³/mol. The fourth-order valence-corrected chi connectivity index (χ4v) is 4.60. The molecule has 1 aromatic carbocycles. The van der Waals surface area contributed by atoms with Gasteiger partial charge >= 0.3 is 0 Å². The van der Waals surface area contributed by atoms with Gasteiger partial charge in [0.1, 0.15) is 0 Å². The highest BCUT2D eigenvalue weighted by Crippen LogP contribution is 2.30. The number of carbonyl (C=O) groups excluding carboxylic acids is 2. The van der Waals surface area contributed by atoms with Gasteiger partial charge in [0, 0.05) is 44.2 Å². The molecule has 2 N–H and O–H groups in total. The van der Waals surface area contributed by atoms with Gasteiger partial charge < -0.3 is 20.4 Å². The maximum absolute atomic E-state index is 13.4. The highest BCUT2D eigenvalue weighted by molar-refractivity contribution is 6.42. The van der Waals surface area contributed by atoms with E-state index in [-0.39, 0.29) is 17.7 Å². The van der Waals surface area contributed by atoms with E-state index in [1.807, 2.05) is 15.9 Å². The number of likely N-dealkylation sites (tertiary alicyclic amines) is 2. The van der Waals surface area contributed by atoms with Crippen LogP contribution >= 0.6 is 23.2 Å². The van der Waals surface area contributed by atoms with E-state index in [0.717, 1.165) is 44.6 Å². The van der Waals surface area contributed by atoms with E-state index >= 15 is 0 Å². The molecule has 0 spiro atoms. The Labute approximate surface area is 189 Å². The molecule has 0 radical (unpaired) electrons. The summed E-state index contributed by atoms with van der Waals surface area (Å²) in [5.41, 5.74) is 6.78. The number of benzene rings is 1. The summed E-state index contributed by atoms with van der Waals surface area (Å²) in [5, 5.41) is 0.927. The Hall–Kier alpha value is -1.34. The van der Waals surface area contributed by atoms with Gasteiger partial charge in [-0.15, -0.1) is 0 Å². The zero-order chi connectivity index (χ0) is 21.7. The summed E-state index contributed by atoms with van der Waals surface area (Å²) in [6.45, 7) is 6.46. The van der Waals surface area contributed by atoms with Crippen LogP contribution in [0.3, 0.4) is 0 Å². The van der Waals surface area contributed by atoms with Gasteiger partial charge in [-0.05, 0) is 69.9 Å². The van der Waals surface area contributed by atoms with Crippen LogP contribution in [0.5, 0.6) is 0 Å². The van der Waals surface area contributed by atoms with Crippen molar-refractivity contribution < 1.29 is 9.59 Å². The molecule has 0 unspecified atom stereocenters. The Morgan fingerprint density at radius 1 is 1.07 bits per heavy atom. The topological polar surface area (TPSA) is 69.9 Å². The van der Waals surface area contributed by atoms with Gasteiger partial charge in [-0.2, -0.15) is 0 Å². The normalized spacial score (nSPS) is 19.1. The number of anilines is 1. The van der Waals surface area contributed by atoms with Crippen molar-refractivity contribution in [3.8, 4) is 0 Å². The second-order valence-electron chi connectivity index (χ2n) is 8.40. The van der Waals surface area contributed by atoms with E-state index in [2.05, 4.69) is 4.90 Å². The molecule has 30 heavy (non-hydrogen) atoms. The fourth-order valence-electron chi connectivity index (χ4n) is 4.31. The van der Waals surface area contributed by atoms with Crippen LogP contribution in [-0.2, 0) is 9.59 Å². The summed E-state index contributed by atoms with van der Waals surface area (Å²) in [6.07, 6.45) is 4.34. The Kier molecular flexibility index (Phi) is 8.40. The molecular formula is C22H32Cl2N4O2. The molecule has 166 valence electrons. The van der Waals surface area contributed by atoms with Crippen molar-refractivity contribution in [2.45, 2.75) is 45.1 Å². The van der Waals surface area contributed by atoms with Crippen LogP contribution in [0.1, 0.15) is 39.0 Å². The highest BCUT2D eigenvalue weighted by Gasteiger charge is 2.30. The lowest BCUT2D eigenvalue weighted by atomic mass is 9.94. The molecule has 8 heteroatoms. The second kappa shape index (κ2) is 10.8. The van der Waals surface area contributed by atoms with Crippen molar-refractivity contribution >= 4 is 40.7 Å². The van der Waals surface area contributed by atoms with Crippen molar-refractivity contribution in [1.82, 2.24) is 9.80 Å². The quantitative estimate of drug-likeness (QED) is 0.714. The molecular weight excluding hydrogens is 423 g/mol. The van der Waals surface area contributed by atoms with Gasteiger partial charge in [0.25, 0.3) is 0 Å². The molecule has 2 aliphatic heterocycles. The van der Waals surface area contributed by atoms with Crippen LogP contribution in [0.2, 0.25) is 10.0 Å². The monoisotopic (exact) mass is 454 g/mol. The lowest BCUT2D eigenvalue weighted by Crippen LogP contribution is -2.45. The number of hydrogen-bond donors (Lipinski definition) is 1. The number of amides is 2. The van der Waals surface area contributed by atoms with Crippen LogP contribution in [0, 0.1) is 5.92 Å². The Morgan fingerprint density at radius 2 is 1.73 bits per heavy atom.